The number of methoxy groups -OCH3 is 2. The SMILES string of the molecule is CCCN(C(=O)C(NC(=O)OC)C(C)C)C(C)C1=NC(c2nc3cc4oc(-c5cnc(C6CCCN6C(=O)C(NC(=O)OC)C(C)C)[nH]5)nc4cc3o2)=CC(C)C1. The number of aliphatic imine (C=N–C) groups is 1. The maximum absolute atomic E-state index is 13.8. The molecule has 4 amide bonds. The van der Waals surface area contributed by atoms with Crippen LogP contribution in [-0.2, 0) is 19.1 Å². The van der Waals surface area contributed by atoms with Crippen molar-refractivity contribution in [1.82, 2.24) is 40.4 Å². The molecule has 6 rings (SSSR count). The van der Waals surface area contributed by atoms with Gasteiger partial charge in [-0.25, -0.2) is 24.5 Å². The van der Waals surface area contributed by atoms with E-state index in [1.165, 1.54) is 14.2 Å². The summed E-state index contributed by atoms with van der Waals surface area (Å²) in [6.45, 7) is 14.6. The van der Waals surface area contributed by atoms with E-state index in [0.717, 1.165) is 18.6 Å². The first-order valence-corrected chi connectivity index (χ1v) is 19.6. The zero-order chi connectivity index (χ0) is 41.1. The number of aromatic nitrogens is 4. The predicted octanol–water partition coefficient (Wildman–Crippen LogP) is 6.23. The Morgan fingerprint density at radius 2 is 1.56 bits per heavy atom. The number of aromatic amines is 1. The number of carbonyl (C=O) groups excluding carboxylic acids is 4. The molecule has 1 saturated heterocycles. The molecule has 4 aromatic rings. The highest BCUT2D eigenvalue weighted by Gasteiger charge is 2.38. The van der Waals surface area contributed by atoms with E-state index in [1.807, 2.05) is 47.6 Å². The van der Waals surface area contributed by atoms with Crippen molar-refractivity contribution in [3.8, 4) is 11.6 Å². The number of nitrogens with zero attached hydrogens (tertiary/aromatic N) is 6. The van der Waals surface area contributed by atoms with Gasteiger partial charge in [0, 0.05) is 30.9 Å². The summed E-state index contributed by atoms with van der Waals surface area (Å²) in [7, 11) is 2.55. The second-order valence-electron chi connectivity index (χ2n) is 15.5. The standard InChI is InChI=1S/C40H53N9O8/c1-10-13-48(37(50)32(20(2)3)46-39(52)54-8)23(7)24-15-22(6)16-27(42-24)35-44-25-17-31-26(18-30(25)56-35)45-36(57-31)28-19-41-34(43-28)29-12-11-14-49(29)38(51)33(21(4)5)47-40(53)55-9/h16-23,29,32-33H,10-15H2,1-9H3,(H,41,43)(H,46,52)(H,47,53). The normalized spacial score (nSPS) is 18.7. The van der Waals surface area contributed by atoms with Crippen molar-refractivity contribution in [3.05, 3.63) is 36.1 Å². The first kappa shape index (κ1) is 40.9. The molecule has 1 fully saturated rings. The van der Waals surface area contributed by atoms with Crippen LogP contribution in [0.25, 0.3) is 39.5 Å². The van der Waals surface area contributed by atoms with Crippen molar-refractivity contribution in [2.24, 2.45) is 22.7 Å². The molecule has 3 N–H and O–H groups in total. The number of rotatable bonds is 13. The Hall–Kier alpha value is -5.74. The lowest BCUT2D eigenvalue weighted by Crippen LogP contribution is -2.55. The Bertz CT molecular complexity index is 2130. The number of likely N-dealkylation sites (tertiary alicyclic amines) is 1. The zero-order valence-corrected chi connectivity index (χ0v) is 34.0. The topological polar surface area (TPSA) is 210 Å². The number of fused-ring (bicyclic) bond motifs is 2. The van der Waals surface area contributed by atoms with Crippen molar-refractivity contribution in [2.45, 2.75) is 98.3 Å². The maximum atomic E-state index is 13.8. The summed E-state index contributed by atoms with van der Waals surface area (Å²) in [5.74, 6) is 0.663. The number of oxazole rings is 2. The van der Waals surface area contributed by atoms with Gasteiger partial charge in [-0.2, -0.15) is 0 Å². The van der Waals surface area contributed by atoms with E-state index in [4.69, 9.17) is 33.3 Å². The minimum absolute atomic E-state index is 0.0972. The smallest absolute Gasteiger partial charge is 0.407 e. The average molecular weight is 788 g/mol. The number of H-pyrrole nitrogens is 1. The highest BCUT2D eigenvalue weighted by Crippen LogP contribution is 2.35. The molecule has 5 unspecified atom stereocenters. The van der Waals surface area contributed by atoms with Crippen LogP contribution in [0.5, 0.6) is 0 Å². The average Bonchev–Trinajstić information content (AvgIpc) is 4.01. The Kier molecular flexibility index (Phi) is 12.3. The van der Waals surface area contributed by atoms with Crippen molar-refractivity contribution < 1.29 is 37.5 Å². The van der Waals surface area contributed by atoms with E-state index >= 15 is 0 Å². The quantitative estimate of drug-likeness (QED) is 0.138. The number of benzene rings is 1. The number of hydrogen-bond donors (Lipinski definition) is 3. The third-order valence-corrected chi connectivity index (χ3v) is 10.5. The lowest BCUT2D eigenvalue weighted by atomic mass is 9.94. The van der Waals surface area contributed by atoms with Gasteiger partial charge in [-0.3, -0.25) is 14.6 Å². The van der Waals surface area contributed by atoms with E-state index < -0.39 is 24.3 Å². The van der Waals surface area contributed by atoms with Crippen molar-refractivity contribution in [3.63, 3.8) is 0 Å². The van der Waals surface area contributed by atoms with Gasteiger partial charge in [0.15, 0.2) is 11.2 Å². The maximum Gasteiger partial charge on any atom is 0.407 e. The predicted molar refractivity (Wildman–Crippen MR) is 212 cm³/mol. The van der Waals surface area contributed by atoms with Gasteiger partial charge in [0.05, 0.1) is 32.5 Å². The fourth-order valence-electron chi connectivity index (χ4n) is 7.45. The Balaban J connectivity index is 1.21. The number of allylic oxidation sites excluding steroid dienone is 1. The molecule has 1 aromatic carbocycles. The van der Waals surface area contributed by atoms with Gasteiger partial charge in [-0.15, -0.1) is 0 Å². The molecule has 57 heavy (non-hydrogen) atoms. The van der Waals surface area contributed by atoms with Crippen molar-refractivity contribution >= 4 is 57.6 Å². The van der Waals surface area contributed by atoms with Gasteiger partial charge >= 0.3 is 12.2 Å². The third-order valence-electron chi connectivity index (χ3n) is 10.5. The first-order valence-electron chi connectivity index (χ1n) is 19.6. The molecular formula is C40H53N9O8. The molecule has 2 aliphatic rings. The minimum atomic E-state index is -0.753. The molecule has 2 aliphatic heterocycles. The van der Waals surface area contributed by atoms with Gasteiger partial charge in [-0.05, 0) is 56.4 Å². The Morgan fingerprint density at radius 3 is 2.18 bits per heavy atom. The van der Waals surface area contributed by atoms with Gasteiger partial charge in [0.25, 0.3) is 0 Å². The molecule has 5 heterocycles. The zero-order valence-electron chi connectivity index (χ0n) is 34.0. The summed E-state index contributed by atoms with van der Waals surface area (Å²) in [6.07, 6.45) is 5.21. The second kappa shape index (κ2) is 17.2. The molecule has 0 saturated carbocycles. The molecule has 0 aliphatic carbocycles. The summed E-state index contributed by atoms with van der Waals surface area (Å²) in [5, 5.41) is 5.37. The number of amides is 4. The summed E-state index contributed by atoms with van der Waals surface area (Å²) >= 11 is 0. The van der Waals surface area contributed by atoms with Crippen molar-refractivity contribution in [2.75, 3.05) is 27.3 Å². The van der Waals surface area contributed by atoms with Gasteiger partial charge < -0.3 is 43.7 Å². The summed E-state index contributed by atoms with van der Waals surface area (Å²) in [6, 6.07) is 1.40. The lowest BCUT2D eigenvalue weighted by molar-refractivity contribution is -0.136. The second-order valence-corrected chi connectivity index (χ2v) is 15.5. The Labute approximate surface area is 331 Å². The first-order chi connectivity index (χ1) is 27.2. The van der Waals surface area contributed by atoms with Crippen LogP contribution in [0.3, 0.4) is 0 Å². The van der Waals surface area contributed by atoms with E-state index in [0.29, 0.717) is 77.1 Å². The summed E-state index contributed by atoms with van der Waals surface area (Å²) in [5.41, 5.74) is 4.05. The van der Waals surface area contributed by atoms with Crippen LogP contribution in [0.2, 0.25) is 0 Å². The van der Waals surface area contributed by atoms with E-state index in [9.17, 15) is 19.2 Å². The molecule has 5 atom stereocenters. The Morgan fingerprint density at radius 1 is 0.947 bits per heavy atom. The highest BCUT2D eigenvalue weighted by molar-refractivity contribution is 5.99. The molecule has 306 valence electrons. The molecule has 0 bridgehead atoms. The third kappa shape index (κ3) is 8.66. The number of alkyl carbamates (subject to hydrolysis) is 2. The number of nitrogens with one attached hydrogen (secondary N) is 3. The number of ether oxygens (including phenoxy) is 2. The van der Waals surface area contributed by atoms with Crippen LogP contribution in [-0.4, -0.2) is 105 Å². The molecule has 0 radical (unpaired) electrons. The monoisotopic (exact) mass is 787 g/mol. The fourth-order valence-corrected chi connectivity index (χ4v) is 7.45. The largest absolute Gasteiger partial charge is 0.453 e. The van der Waals surface area contributed by atoms with Crippen molar-refractivity contribution in [1.29, 1.82) is 0 Å². The van der Waals surface area contributed by atoms with Gasteiger partial charge in [0.2, 0.25) is 23.6 Å². The van der Waals surface area contributed by atoms with Crippen LogP contribution in [0.1, 0.15) is 91.9 Å². The molecule has 17 heteroatoms. The highest BCUT2D eigenvalue weighted by atomic mass is 16.5. The minimum Gasteiger partial charge on any atom is -0.453 e. The lowest BCUT2D eigenvalue weighted by Gasteiger charge is -2.35. The number of imidazole rings is 1. The van der Waals surface area contributed by atoms with Crippen LogP contribution in [0.4, 0.5) is 9.59 Å². The van der Waals surface area contributed by atoms with Crippen LogP contribution >= 0.6 is 0 Å². The van der Waals surface area contributed by atoms with Crippen LogP contribution < -0.4 is 10.6 Å². The molecule has 3 aromatic heterocycles. The van der Waals surface area contributed by atoms with Crippen LogP contribution in [0, 0.1) is 17.8 Å². The van der Waals surface area contributed by atoms with Gasteiger partial charge in [0.1, 0.15) is 40.3 Å². The van der Waals surface area contributed by atoms with E-state index in [-0.39, 0.29) is 41.7 Å². The van der Waals surface area contributed by atoms with E-state index in [1.54, 1.807) is 28.1 Å². The number of hydrogen-bond acceptors (Lipinski definition) is 12. The summed E-state index contributed by atoms with van der Waals surface area (Å²) in [4.78, 5) is 77.4. The number of carbonyl (C=O) groups is 4. The van der Waals surface area contributed by atoms with Crippen LogP contribution in [0.15, 0.2) is 38.2 Å². The fraction of sp³-hybridized carbons (Fsp3) is 0.550. The molecular weight excluding hydrogens is 734 g/mol. The van der Waals surface area contributed by atoms with Gasteiger partial charge in [-0.1, -0.05) is 41.5 Å². The molecule has 0 spiro atoms. The van der Waals surface area contributed by atoms with E-state index in [2.05, 4.69) is 27.5 Å². The summed E-state index contributed by atoms with van der Waals surface area (Å²) < 4.78 is 22.0. The molecule has 17 nitrogen and oxygen atoms in total.